The molecule has 2 aromatic carbocycles. The summed E-state index contributed by atoms with van der Waals surface area (Å²) in [6, 6.07) is 10.9. The van der Waals surface area contributed by atoms with E-state index in [4.69, 9.17) is 16.3 Å². The van der Waals surface area contributed by atoms with E-state index in [0.29, 0.717) is 11.6 Å². The number of alkyl halides is 3. The van der Waals surface area contributed by atoms with E-state index in [1.807, 2.05) is 0 Å². The summed E-state index contributed by atoms with van der Waals surface area (Å²) in [7, 11) is -4.16. The summed E-state index contributed by atoms with van der Waals surface area (Å²) in [6.45, 7) is 1.58. The first kappa shape index (κ1) is 25.8. The van der Waals surface area contributed by atoms with Crippen molar-refractivity contribution in [2.75, 3.05) is 4.72 Å². The van der Waals surface area contributed by atoms with Crippen LogP contribution in [-0.2, 0) is 27.5 Å². The van der Waals surface area contributed by atoms with Crippen molar-refractivity contribution in [1.29, 1.82) is 5.26 Å². The molecule has 0 aliphatic heterocycles. The Morgan fingerprint density at radius 1 is 1.17 bits per heavy atom. The third-order valence-electron chi connectivity index (χ3n) is 4.46. The fourth-order valence-electron chi connectivity index (χ4n) is 2.78. The molecular weight excluding hydrogens is 509 g/mol. The van der Waals surface area contributed by atoms with Crippen molar-refractivity contribution in [2.24, 2.45) is 0 Å². The van der Waals surface area contributed by atoms with Gasteiger partial charge in [-0.25, -0.2) is 13.4 Å². The second-order valence-electron chi connectivity index (χ2n) is 7.08. The van der Waals surface area contributed by atoms with E-state index in [2.05, 4.69) is 15.0 Å². The molecule has 0 bridgehead atoms. The smallest absolute Gasteiger partial charge is 0.417 e. The number of nitrogens with zero attached hydrogens (tertiary/aromatic N) is 2. The fraction of sp³-hybridized carbons (Fsp3) is 0.136. The van der Waals surface area contributed by atoms with E-state index in [0.717, 1.165) is 24.3 Å². The highest BCUT2D eigenvalue weighted by molar-refractivity contribution is 7.92. The number of carbonyl (C=O) groups is 1. The van der Waals surface area contributed by atoms with Crippen LogP contribution in [0.4, 0.5) is 19.0 Å². The summed E-state index contributed by atoms with van der Waals surface area (Å²) < 4.78 is 72.4. The third kappa shape index (κ3) is 6.62. The van der Waals surface area contributed by atoms with Crippen molar-refractivity contribution in [3.63, 3.8) is 0 Å². The van der Waals surface area contributed by atoms with Crippen molar-refractivity contribution in [2.45, 2.75) is 24.5 Å². The number of nitrogens with one attached hydrogen (secondary N) is 2. The molecule has 0 aliphatic carbocycles. The zero-order valence-electron chi connectivity index (χ0n) is 17.9. The average molecular weight is 525 g/mol. The highest BCUT2D eigenvalue weighted by atomic mass is 35.5. The van der Waals surface area contributed by atoms with E-state index in [1.165, 1.54) is 25.3 Å². The van der Waals surface area contributed by atoms with Gasteiger partial charge in [-0.15, -0.1) is 0 Å². The molecule has 1 amide bonds. The summed E-state index contributed by atoms with van der Waals surface area (Å²) in [5, 5.41) is 11.5. The van der Waals surface area contributed by atoms with Crippen LogP contribution in [0, 0.1) is 11.3 Å². The first-order chi connectivity index (χ1) is 16.4. The minimum Gasteiger partial charge on any atom is -0.456 e. The molecule has 0 saturated heterocycles. The Morgan fingerprint density at radius 3 is 2.51 bits per heavy atom. The maximum atomic E-state index is 13.1. The second-order valence-corrected chi connectivity index (χ2v) is 9.17. The molecule has 0 saturated carbocycles. The minimum absolute atomic E-state index is 0.00347. The maximum absolute atomic E-state index is 13.1. The number of benzene rings is 2. The molecule has 0 spiro atoms. The average Bonchev–Trinajstić information content (AvgIpc) is 2.79. The van der Waals surface area contributed by atoms with Crippen molar-refractivity contribution >= 4 is 33.3 Å². The monoisotopic (exact) mass is 524 g/mol. The van der Waals surface area contributed by atoms with Gasteiger partial charge in [0.25, 0.3) is 10.0 Å². The van der Waals surface area contributed by atoms with Crippen molar-refractivity contribution in [3.05, 3.63) is 76.4 Å². The second kappa shape index (κ2) is 10.2. The van der Waals surface area contributed by atoms with Gasteiger partial charge in [0.15, 0.2) is 0 Å². The number of amides is 1. The van der Waals surface area contributed by atoms with Crippen LogP contribution in [0.5, 0.6) is 11.5 Å². The van der Waals surface area contributed by atoms with Crippen molar-refractivity contribution < 1.29 is 31.1 Å². The number of hydrogen-bond donors (Lipinski definition) is 2. The molecule has 0 fully saturated rings. The van der Waals surface area contributed by atoms with Crippen molar-refractivity contribution in [1.82, 2.24) is 10.3 Å². The lowest BCUT2D eigenvalue weighted by atomic mass is 10.2. The molecule has 0 unspecified atom stereocenters. The molecule has 0 atom stereocenters. The number of anilines is 1. The maximum Gasteiger partial charge on any atom is 0.417 e. The summed E-state index contributed by atoms with van der Waals surface area (Å²) in [5.41, 5.74) is -0.698. The van der Waals surface area contributed by atoms with Gasteiger partial charge >= 0.3 is 6.18 Å². The first-order valence-electron chi connectivity index (χ1n) is 9.70. The van der Waals surface area contributed by atoms with Crippen molar-refractivity contribution in [3.8, 4) is 17.6 Å². The molecule has 1 aromatic heterocycles. The molecule has 182 valence electrons. The van der Waals surface area contributed by atoms with Gasteiger partial charge in [-0.2, -0.15) is 18.4 Å². The molecule has 1 heterocycles. The van der Waals surface area contributed by atoms with Gasteiger partial charge in [0.2, 0.25) is 5.91 Å². The number of carbonyl (C=O) groups excluding carboxylic acids is 1. The van der Waals surface area contributed by atoms with Crippen LogP contribution < -0.4 is 14.8 Å². The van der Waals surface area contributed by atoms with Crippen LogP contribution in [0.1, 0.15) is 23.6 Å². The van der Waals surface area contributed by atoms with Gasteiger partial charge in [-0.1, -0.05) is 17.7 Å². The van der Waals surface area contributed by atoms with Gasteiger partial charge in [0, 0.05) is 19.7 Å². The minimum atomic E-state index is -4.71. The van der Waals surface area contributed by atoms with E-state index in [-0.39, 0.29) is 40.2 Å². The van der Waals surface area contributed by atoms with Crippen LogP contribution in [0.2, 0.25) is 5.02 Å². The number of sulfonamides is 1. The number of rotatable bonds is 7. The predicted octanol–water partition coefficient (Wildman–Crippen LogP) is 4.85. The Labute approximate surface area is 203 Å². The number of aromatic nitrogens is 1. The number of ether oxygens (including phenoxy) is 1. The normalized spacial score (nSPS) is 11.4. The van der Waals surface area contributed by atoms with E-state index in [1.54, 1.807) is 12.1 Å². The summed E-state index contributed by atoms with van der Waals surface area (Å²) >= 11 is 5.59. The highest BCUT2D eigenvalue weighted by Gasteiger charge is 2.33. The van der Waals surface area contributed by atoms with Gasteiger partial charge in [0.05, 0.1) is 21.0 Å². The molecule has 3 rings (SSSR count). The summed E-state index contributed by atoms with van der Waals surface area (Å²) in [5.74, 6) is -0.624. The standard InChI is InChI=1S/C22H16ClF3N4O4S/c1-13(31)28-11-14-2-7-21(29-12-14)30-35(32,33)17-4-6-20(15(8-17)10-27)34-16-3-5-19(23)18(9-16)22(24,25)26/h2-9,12H,11H2,1H3,(H,28,31)(H,29,30). The first-order valence-corrected chi connectivity index (χ1v) is 11.6. The molecule has 13 heteroatoms. The largest absolute Gasteiger partial charge is 0.456 e. The SMILES string of the molecule is CC(=O)NCc1ccc(NS(=O)(=O)c2ccc(Oc3ccc(Cl)c(C(F)(F)F)c3)c(C#N)c2)nc1. The van der Waals surface area contributed by atoms with Gasteiger partial charge in [-0.3, -0.25) is 9.52 Å². The highest BCUT2D eigenvalue weighted by Crippen LogP contribution is 2.38. The Bertz CT molecular complexity index is 1410. The summed E-state index contributed by atoms with van der Waals surface area (Å²) in [4.78, 5) is 14.7. The Morgan fingerprint density at radius 2 is 1.91 bits per heavy atom. The van der Waals surface area contributed by atoms with Gasteiger partial charge < -0.3 is 10.1 Å². The quantitative estimate of drug-likeness (QED) is 0.455. The van der Waals surface area contributed by atoms with Gasteiger partial charge in [0.1, 0.15) is 23.4 Å². The van der Waals surface area contributed by atoms with E-state index in [9.17, 15) is 31.6 Å². The Kier molecular flexibility index (Phi) is 7.52. The van der Waals surface area contributed by atoms with Gasteiger partial charge in [-0.05, 0) is 48.0 Å². The summed E-state index contributed by atoms with van der Waals surface area (Å²) in [6.07, 6.45) is -3.33. The van der Waals surface area contributed by atoms with Crippen LogP contribution in [0.15, 0.2) is 59.6 Å². The number of nitriles is 1. The van der Waals surface area contributed by atoms with Crippen LogP contribution in [-0.4, -0.2) is 19.3 Å². The lowest BCUT2D eigenvalue weighted by Gasteiger charge is -2.13. The molecule has 3 aromatic rings. The lowest BCUT2D eigenvalue weighted by molar-refractivity contribution is -0.137. The molecule has 0 aliphatic rings. The van der Waals surface area contributed by atoms with E-state index >= 15 is 0 Å². The van der Waals surface area contributed by atoms with Crippen LogP contribution in [0.3, 0.4) is 0 Å². The lowest BCUT2D eigenvalue weighted by Crippen LogP contribution is -2.19. The molecular formula is C22H16ClF3N4O4S. The van der Waals surface area contributed by atoms with Crippen LogP contribution >= 0.6 is 11.6 Å². The number of pyridine rings is 1. The molecule has 8 nitrogen and oxygen atoms in total. The third-order valence-corrected chi connectivity index (χ3v) is 6.14. The molecule has 2 N–H and O–H groups in total. The van der Waals surface area contributed by atoms with E-state index < -0.39 is 26.8 Å². The topological polar surface area (TPSA) is 121 Å². The Hall–Kier alpha value is -3.82. The zero-order chi connectivity index (χ0) is 25.8. The Balaban J connectivity index is 1.81. The molecule has 35 heavy (non-hydrogen) atoms. The van der Waals surface area contributed by atoms with Crippen LogP contribution in [0.25, 0.3) is 0 Å². The zero-order valence-corrected chi connectivity index (χ0v) is 19.4. The number of halogens is 4. The number of hydrogen-bond acceptors (Lipinski definition) is 6. The predicted molar refractivity (Wildman–Crippen MR) is 120 cm³/mol. The fourth-order valence-corrected chi connectivity index (χ4v) is 4.04. The molecule has 0 radical (unpaired) electrons.